The third-order valence-electron chi connectivity index (χ3n) is 3.30. The van der Waals surface area contributed by atoms with Crippen LogP contribution in [0.15, 0.2) is 55.1 Å². The summed E-state index contributed by atoms with van der Waals surface area (Å²) in [5.41, 5.74) is 3.16. The van der Waals surface area contributed by atoms with E-state index in [4.69, 9.17) is 0 Å². The minimum atomic E-state index is 0.0518. The number of nitrogens with zero attached hydrogens (tertiary/aromatic N) is 3. The van der Waals surface area contributed by atoms with E-state index in [0.29, 0.717) is 0 Å². The smallest absolute Gasteiger partial charge is 0.115 e. The average molecular weight is 264 g/mol. The van der Waals surface area contributed by atoms with Crippen molar-refractivity contribution in [2.45, 2.75) is 13.0 Å². The molecular formula is C16H16N4. The second-order valence-corrected chi connectivity index (χ2v) is 4.54. The van der Waals surface area contributed by atoms with Gasteiger partial charge in [0, 0.05) is 17.8 Å². The Labute approximate surface area is 117 Å². The van der Waals surface area contributed by atoms with Gasteiger partial charge < -0.3 is 5.32 Å². The molecule has 0 fully saturated rings. The Morgan fingerprint density at radius 3 is 2.80 bits per heavy atom. The van der Waals surface area contributed by atoms with Crippen LogP contribution in [0.4, 0.5) is 0 Å². The highest BCUT2D eigenvalue weighted by Gasteiger charge is 2.16. The first kappa shape index (κ1) is 12.7. The molecule has 1 unspecified atom stereocenters. The van der Waals surface area contributed by atoms with Gasteiger partial charge in [0.25, 0.3) is 0 Å². The summed E-state index contributed by atoms with van der Waals surface area (Å²) in [7, 11) is 0. The highest BCUT2D eigenvalue weighted by molar-refractivity contribution is 5.82. The molecule has 2 aromatic heterocycles. The number of fused-ring (bicyclic) bond motifs is 1. The summed E-state index contributed by atoms with van der Waals surface area (Å²) in [4.78, 5) is 12.8. The Balaban J connectivity index is 2.15. The van der Waals surface area contributed by atoms with Crippen LogP contribution in [0.1, 0.15) is 24.2 Å². The summed E-state index contributed by atoms with van der Waals surface area (Å²) < 4.78 is 0. The number of rotatable bonds is 4. The van der Waals surface area contributed by atoms with Crippen molar-refractivity contribution in [3.05, 3.63) is 66.4 Å². The fraction of sp³-hybridized carbons (Fsp3) is 0.188. The van der Waals surface area contributed by atoms with E-state index in [1.165, 1.54) is 5.56 Å². The van der Waals surface area contributed by atoms with Crippen LogP contribution in [0.2, 0.25) is 0 Å². The Hall–Kier alpha value is -2.33. The molecule has 3 rings (SSSR count). The van der Waals surface area contributed by atoms with E-state index in [2.05, 4.69) is 39.3 Å². The van der Waals surface area contributed by atoms with Gasteiger partial charge in [0.15, 0.2) is 0 Å². The minimum Gasteiger partial charge on any atom is -0.305 e. The molecule has 0 aliphatic heterocycles. The van der Waals surface area contributed by atoms with Gasteiger partial charge in [0.05, 0.1) is 17.3 Å². The lowest BCUT2D eigenvalue weighted by Crippen LogP contribution is -2.23. The Kier molecular flexibility index (Phi) is 3.65. The molecular weight excluding hydrogens is 248 g/mol. The molecule has 0 saturated carbocycles. The molecule has 0 bridgehead atoms. The summed E-state index contributed by atoms with van der Waals surface area (Å²) >= 11 is 0. The van der Waals surface area contributed by atoms with Crippen LogP contribution in [0.25, 0.3) is 10.9 Å². The van der Waals surface area contributed by atoms with Gasteiger partial charge in [-0.25, -0.2) is 9.97 Å². The van der Waals surface area contributed by atoms with E-state index >= 15 is 0 Å². The van der Waals surface area contributed by atoms with Crippen LogP contribution >= 0.6 is 0 Å². The maximum Gasteiger partial charge on any atom is 0.115 e. The zero-order chi connectivity index (χ0) is 13.8. The maximum absolute atomic E-state index is 4.42. The van der Waals surface area contributed by atoms with Gasteiger partial charge in [-0.05, 0) is 30.3 Å². The van der Waals surface area contributed by atoms with Crippen LogP contribution in [0.3, 0.4) is 0 Å². The first-order chi connectivity index (χ1) is 9.90. The molecule has 2 heterocycles. The van der Waals surface area contributed by atoms with Crippen LogP contribution < -0.4 is 5.32 Å². The predicted octanol–water partition coefficient (Wildman–Crippen LogP) is 2.72. The van der Waals surface area contributed by atoms with Crippen molar-refractivity contribution in [1.29, 1.82) is 0 Å². The van der Waals surface area contributed by atoms with Crippen molar-refractivity contribution < 1.29 is 0 Å². The topological polar surface area (TPSA) is 50.7 Å². The van der Waals surface area contributed by atoms with E-state index in [0.717, 1.165) is 23.1 Å². The number of hydrogen-bond donors (Lipinski definition) is 1. The zero-order valence-corrected chi connectivity index (χ0v) is 11.3. The predicted molar refractivity (Wildman–Crippen MR) is 79.3 cm³/mol. The Morgan fingerprint density at radius 1 is 1.05 bits per heavy atom. The number of aromatic nitrogens is 3. The Bertz CT molecular complexity index is 692. The van der Waals surface area contributed by atoms with Crippen molar-refractivity contribution in [3.63, 3.8) is 0 Å². The molecule has 0 aliphatic rings. The fourth-order valence-corrected chi connectivity index (χ4v) is 2.43. The highest BCUT2D eigenvalue weighted by Crippen LogP contribution is 2.26. The molecule has 1 N–H and O–H groups in total. The van der Waals surface area contributed by atoms with Gasteiger partial charge in [0.1, 0.15) is 6.33 Å². The highest BCUT2D eigenvalue weighted by atomic mass is 14.9. The van der Waals surface area contributed by atoms with Gasteiger partial charge >= 0.3 is 0 Å². The van der Waals surface area contributed by atoms with E-state index in [1.54, 1.807) is 12.5 Å². The second-order valence-electron chi connectivity index (χ2n) is 4.54. The second kappa shape index (κ2) is 5.75. The average Bonchev–Trinajstić information content (AvgIpc) is 2.53. The summed E-state index contributed by atoms with van der Waals surface area (Å²) in [5, 5.41) is 4.64. The SMILES string of the molecule is CCNC(c1ccncn1)c1cccc2ncccc12. The largest absolute Gasteiger partial charge is 0.305 e. The normalized spacial score (nSPS) is 12.4. The van der Waals surface area contributed by atoms with Gasteiger partial charge in [-0.1, -0.05) is 25.1 Å². The third kappa shape index (κ3) is 2.38. The van der Waals surface area contributed by atoms with Crippen LogP contribution in [-0.2, 0) is 0 Å². The molecule has 0 spiro atoms. The molecule has 0 radical (unpaired) electrons. The summed E-state index contributed by atoms with van der Waals surface area (Å²) in [6.45, 7) is 2.96. The molecule has 100 valence electrons. The van der Waals surface area contributed by atoms with Crippen LogP contribution in [0.5, 0.6) is 0 Å². The van der Waals surface area contributed by atoms with E-state index in [-0.39, 0.29) is 6.04 Å². The summed E-state index contributed by atoms with van der Waals surface area (Å²) in [6.07, 6.45) is 5.18. The molecule has 1 aromatic carbocycles. The fourth-order valence-electron chi connectivity index (χ4n) is 2.43. The van der Waals surface area contributed by atoms with Gasteiger partial charge in [-0.2, -0.15) is 0 Å². The molecule has 3 aromatic rings. The zero-order valence-electron chi connectivity index (χ0n) is 11.3. The van der Waals surface area contributed by atoms with Crippen molar-refractivity contribution in [1.82, 2.24) is 20.3 Å². The summed E-state index contributed by atoms with van der Waals surface area (Å²) in [6, 6.07) is 12.3. The molecule has 0 amide bonds. The first-order valence-corrected chi connectivity index (χ1v) is 6.73. The standard InChI is InChI=1S/C16H16N4/c1-2-18-16(15-8-10-17-11-20-15)13-5-3-7-14-12(13)6-4-9-19-14/h3-11,16,18H,2H2,1H3. The van der Waals surface area contributed by atoms with Crippen molar-refractivity contribution >= 4 is 10.9 Å². The van der Waals surface area contributed by atoms with E-state index in [9.17, 15) is 0 Å². The van der Waals surface area contributed by atoms with Crippen molar-refractivity contribution in [2.24, 2.45) is 0 Å². The van der Waals surface area contributed by atoms with Crippen molar-refractivity contribution in [2.75, 3.05) is 6.54 Å². The lowest BCUT2D eigenvalue weighted by atomic mass is 9.98. The molecule has 4 nitrogen and oxygen atoms in total. The molecule has 0 saturated heterocycles. The lowest BCUT2D eigenvalue weighted by molar-refractivity contribution is 0.617. The summed E-state index contributed by atoms with van der Waals surface area (Å²) in [5.74, 6) is 0. The van der Waals surface area contributed by atoms with Crippen LogP contribution in [-0.4, -0.2) is 21.5 Å². The number of nitrogens with one attached hydrogen (secondary N) is 1. The minimum absolute atomic E-state index is 0.0518. The number of pyridine rings is 1. The quantitative estimate of drug-likeness (QED) is 0.787. The molecule has 4 heteroatoms. The monoisotopic (exact) mass is 264 g/mol. The molecule has 1 atom stereocenters. The maximum atomic E-state index is 4.42. The number of benzene rings is 1. The molecule has 20 heavy (non-hydrogen) atoms. The van der Waals surface area contributed by atoms with E-state index < -0.39 is 0 Å². The number of hydrogen-bond acceptors (Lipinski definition) is 4. The Morgan fingerprint density at radius 2 is 2.00 bits per heavy atom. The van der Waals surface area contributed by atoms with Crippen molar-refractivity contribution in [3.8, 4) is 0 Å². The van der Waals surface area contributed by atoms with Gasteiger partial charge in [0.2, 0.25) is 0 Å². The van der Waals surface area contributed by atoms with E-state index in [1.807, 2.05) is 30.5 Å². The van der Waals surface area contributed by atoms with Gasteiger partial charge in [-0.15, -0.1) is 0 Å². The molecule has 0 aliphatic carbocycles. The first-order valence-electron chi connectivity index (χ1n) is 6.73. The van der Waals surface area contributed by atoms with Gasteiger partial charge in [-0.3, -0.25) is 4.98 Å². The lowest BCUT2D eigenvalue weighted by Gasteiger charge is -2.19. The van der Waals surface area contributed by atoms with Crippen LogP contribution in [0, 0.1) is 0 Å². The third-order valence-corrected chi connectivity index (χ3v) is 3.30.